The van der Waals surface area contributed by atoms with Crippen molar-refractivity contribution in [2.75, 3.05) is 5.32 Å². The molecule has 0 aromatic carbocycles. The van der Waals surface area contributed by atoms with E-state index in [1.165, 1.54) is 6.07 Å². The lowest BCUT2D eigenvalue weighted by atomic mass is 10.3. The number of hydrogen-bond acceptors (Lipinski definition) is 4. The van der Waals surface area contributed by atoms with Crippen LogP contribution >= 0.6 is 0 Å². The lowest BCUT2D eigenvalue weighted by molar-refractivity contribution is 0.101. The fourth-order valence-electron chi connectivity index (χ4n) is 1.17. The number of anilines is 1. The highest BCUT2D eigenvalue weighted by atomic mass is 19.1. The average Bonchev–Trinajstić information content (AvgIpc) is 2.69. The van der Waals surface area contributed by atoms with E-state index in [4.69, 9.17) is 4.52 Å². The van der Waals surface area contributed by atoms with E-state index in [0.717, 1.165) is 12.1 Å². The third-order valence-corrected chi connectivity index (χ3v) is 1.92. The Morgan fingerprint density at radius 2 is 2.18 bits per heavy atom. The molecule has 7 heteroatoms. The van der Waals surface area contributed by atoms with Crippen LogP contribution in [0.25, 0.3) is 0 Å². The zero-order chi connectivity index (χ0) is 12.4. The monoisotopic (exact) mass is 239 g/mol. The van der Waals surface area contributed by atoms with Gasteiger partial charge in [-0.2, -0.15) is 13.8 Å². The summed E-state index contributed by atoms with van der Waals surface area (Å²) in [5.74, 6) is -2.27. The summed E-state index contributed by atoms with van der Waals surface area (Å²) in [6.45, 7) is 1.61. The molecule has 17 heavy (non-hydrogen) atoms. The molecule has 0 spiro atoms. The van der Waals surface area contributed by atoms with Crippen molar-refractivity contribution >= 4 is 11.6 Å². The van der Waals surface area contributed by atoms with E-state index >= 15 is 0 Å². The Morgan fingerprint density at radius 1 is 1.41 bits per heavy atom. The van der Waals surface area contributed by atoms with Crippen molar-refractivity contribution in [3.8, 4) is 0 Å². The van der Waals surface area contributed by atoms with Crippen molar-refractivity contribution < 1.29 is 18.1 Å². The van der Waals surface area contributed by atoms with Gasteiger partial charge in [0.05, 0.1) is 5.69 Å². The Morgan fingerprint density at radius 3 is 2.76 bits per heavy atom. The van der Waals surface area contributed by atoms with E-state index in [1.807, 2.05) is 0 Å². The molecule has 0 saturated heterocycles. The smallest absolute Gasteiger partial charge is 0.277 e. The van der Waals surface area contributed by atoms with Gasteiger partial charge in [0.25, 0.3) is 5.91 Å². The molecule has 0 atom stereocenters. The number of carbonyl (C=O) groups is 1. The van der Waals surface area contributed by atoms with Gasteiger partial charge >= 0.3 is 0 Å². The summed E-state index contributed by atoms with van der Waals surface area (Å²) in [6, 6.07) is 3.40. The van der Waals surface area contributed by atoms with Gasteiger partial charge in [-0.05, 0) is 19.1 Å². The molecule has 0 aliphatic heterocycles. The predicted octanol–water partition coefficient (Wildman–Crippen LogP) is 1.91. The van der Waals surface area contributed by atoms with Crippen LogP contribution in [0, 0.1) is 18.8 Å². The molecular weight excluding hydrogens is 232 g/mol. The number of amides is 1. The van der Waals surface area contributed by atoms with Gasteiger partial charge in [-0.25, -0.2) is 0 Å². The van der Waals surface area contributed by atoms with E-state index in [-0.39, 0.29) is 11.4 Å². The molecule has 2 heterocycles. The van der Waals surface area contributed by atoms with E-state index in [0.29, 0.717) is 5.76 Å². The van der Waals surface area contributed by atoms with Crippen LogP contribution in [0.4, 0.5) is 14.5 Å². The molecule has 0 saturated carbocycles. The van der Waals surface area contributed by atoms with Gasteiger partial charge in [-0.1, -0.05) is 5.16 Å². The van der Waals surface area contributed by atoms with Crippen molar-refractivity contribution in [3.05, 3.63) is 41.5 Å². The SMILES string of the molecule is Cc1cc(C(=O)Nc2ccc(F)nc2F)no1. The number of rotatable bonds is 2. The van der Waals surface area contributed by atoms with Gasteiger partial charge in [0.1, 0.15) is 5.76 Å². The third-order valence-electron chi connectivity index (χ3n) is 1.92. The number of nitrogens with zero attached hydrogens (tertiary/aromatic N) is 2. The maximum Gasteiger partial charge on any atom is 0.277 e. The molecule has 0 aliphatic carbocycles. The van der Waals surface area contributed by atoms with Crippen LogP contribution in [0.3, 0.4) is 0 Å². The van der Waals surface area contributed by atoms with Gasteiger partial charge < -0.3 is 9.84 Å². The van der Waals surface area contributed by atoms with Crippen molar-refractivity contribution in [3.63, 3.8) is 0 Å². The van der Waals surface area contributed by atoms with E-state index in [9.17, 15) is 13.6 Å². The predicted molar refractivity (Wildman–Crippen MR) is 53.3 cm³/mol. The summed E-state index contributed by atoms with van der Waals surface area (Å²) in [7, 11) is 0. The number of aromatic nitrogens is 2. The molecule has 0 unspecified atom stereocenters. The molecule has 5 nitrogen and oxygen atoms in total. The Bertz CT molecular complexity index is 568. The number of aryl methyl sites for hydroxylation is 1. The quantitative estimate of drug-likeness (QED) is 0.813. The van der Waals surface area contributed by atoms with Crippen LogP contribution in [0.2, 0.25) is 0 Å². The number of carbonyl (C=O) groups excluding carboxylic acids is 1. The Kier molecular flexibility index (Phi) is 2.82. The molecule has 88 valence electrons. The molecule has 0 fully saturated rings. The molecule has 0 aliphatic rings. The highest BCUT2D eigenvalue weighted by Crippen LogP contribution is 2.13. The largest absolute Gasteiger partial charge is 0.361 e. The zero-order valence-corrected chi connectivity index (χ0v) is 8.70. The Hall–Kier alpha value is -2.31. The summed E-state index contributed by atoms with van der Waals surface area (Å²) >= 11 is 0. The van der Waals surface area contributed by atoms with E-state index in [2.05, 4.69) is 15.5 Å². The van der Waals surface area contributed by atoms with Crippen LogP contribution in [0.15, 0.2) is 22.7 Å². The lowest BCUT2D eigenvalue weighted by Crippen LogP contribution is -2.14. The highest BCUT2D eigenvalue weighted by Gasteiger charge is 2.14. The van der Waals surface area contributed by atoms with Gasteiger partial charge in [-0.3, -0.25) is 4.79 Å². The summed E-state index contributed by atoms with van der Waals surface area (Å²) in [5.41, 5.74) is -0.219. The first kappa shape index (κ1) is 11.2. The van der Waals surface area contributed by atoms with E-state index in [1.54, 1.807) is 6.92 Å². The van der Waals surface area contributed by atoms with E-state index < -0.39 is 17.8 Å². The second-order valence-electron chi connectivity index (χ2n) is 3.25. The first-order chi connectivity index (χ1) is 8.06. The minimum atomic E-state index is -1.10. The lowest BCUT2D eigenvalue weighted by Gasteiger charge is -2.02. The van der Waals surface area contributed by atoms with Crippen LogP contribution < -0.4 is 5.32 Å². The summed E-state index contributed by atoms with van der Waals surface area (Å²) in [6.07, 6.45) is 0. The number of pyridine rings is 1. The first-order valence-corrected chi connectivity index (χ1v) is 4.63. The summed E-state index contributed by atoms with van der Waals surface area (Å²) in [4.78, 5) is 14.5. The second-order valence-corrected chi connectivity index (χ2v) is 3.25. The van der Waals surface area contributed by atoms with Gasteiger partial charge in [0.15, 0.2) is 5.69 Å². The standard InChI is InChI=1S/C10H7F2N3O2/c1-5-4-7(15-17-5)10(16)13-6-2-3-8(11)14-9(6)12/h2-4H,1H3,(H,13,16). The van der Waals surface area contributed by atoms with Crippen LogP contribution in [-0.4, -0.2) is 16.0 Å². The molecule has 0 bridgehead atoms. The minimum absolute atomic E-state index is 0.00576. The molecule has 1 N–H and O–H groups in total. The Labute approximate surface area is 94.4 Å². The minimum Gasteiger partial charge on any atom is -0.361 e. The average molecular weight is 239 g/mol. The molecule has 2 aromatic heterocycles. The number of hydrogen-bond donors (Lipinski definition) is 1. The fraction of sp³-hybridized carbons (Fsp3) is 0.100. The molecule has 2 rings (SSSR count). The first-order valence-electron chi connectivity index (χ1n) is 4.63. The van der Waals surface area contributed by atoms with Gasteiger partial charge in [-0.15, -0.1) is 0 Å². The highest BCUT2D eigenvalue weighted by molar-refractivity contribution is 6.02. The molecule has 1 amide bonds. The maximum absolute atomic E-state index is 13.1. The fourth-order valence-corrected chi connectivity index (χ4v) is 1.17. The van der Waals surface area contributed by atoms with Crippen molar-refractivity contribution in [2.45, 2.75) is 6.92 Å². The number of nitrogens with one attached hydrogen (secondary N) is 1. The number of halogens is 2. The second kappa shape index (κ2) is 4.28. The van der Waals surface area contributed by atoms with Crippen molar-refractivity contribution in [1.29, 1.82) is 0 Å². The summed E-state index contributed by atoms with van der Waals surface area (Å²) in [5, 5.41) is 5.66. The van der Waals surface area contributed by atoms with Gasteiger partial charge in [0.2, 0.25) is 11.9 Å². The zero-order valence-electron chi connectivity index (χ0n) is 8.70. The topological polar surface area (TPSA) is 68.0 Å². The third kappa shape index (κ3) is 2.44. The van der Waals surface area contributed by atoms with Crippen molar-refractivity contribution in [1.82, 2.24) is 10.1 Å². The normalized spacial score (nSPS) is 10.3. The maximum atomic E-state index is 13.1. The van der Waals surface area contributed by atoms with Crippen LogP contribution in [0.5, 0.6) is 0 Å². The summed E-state index contributed by atoms with van der Waals surface area (Å²) < 4.78 is 30.3. The molecule has 2 aromatic rings. The van der Waals surface area contributed by atoms with Crippen LogP contribution in [0.1, 0.15) is 16.2 Å². The van der Waals surface area contributed by atoms with Gasteiger partial charge in [0, 0.05) is 6.07 Å². The molecular formula is C10H7F2N3O2. The Balaban J connectivity index is 2.18. The van der Waals surface area contributed by atoms with Crippen molar-refractivity contribution in [2.24, 2.45) is 0 Å². The molecule has 0 radical (unpaired) electrons. The van der Waals surface area contributed by atoms with Crippen LogP contribution in [-0.2, 0) is 0 Å².